The van der Waals surface area contributed by atoms with Gasteiger partial charge in [0, 0.05) is 10.9 Å². The smallest absolute Gasteiger partial charge is 0.217 e. The number of thiazole rings is 1. The van der Waals surface area contributed by atoms with Gasteiger partial charge in [0.2, 0.25) is 5.13 Å². The Kier molecular flexibility index (Phi) is 4.12. The monoisotopic (exact) mass is 297 g/mol. The Hall–Kier alpha value is -2.40. The van der Waals surface area contributed by atoms with E-state index in [9.17, 15) is 4.39 Å². The summed E-state index contributed by atoms with van der Waals surface area (Å²) in [7, 11) is 0. The Morgan fingerprint density at radius 2 is 1.76 bits per heavy atom. The lowest BCUT2D eigenvalue weighted by Crippen LogP contribution is -1.79. The van der Waals surface area contributed by atoms with Crippen molar-refractivity contribution in [3.05, 3.63) is 71.4 Å². The lowest BCUT2D eigenvalue weighted by atomic mass is 10.2. The second-order valence-corrected chi connectivity index (χ2v) is 5.24. The van der Waals surface area contributed by atoms with Crippen molar-refractivity contribution in [3.8, 4) is 11.3 Å². The molecule has 104 valence electrons. The quantitative estimate of drug-likeness (QED) is 0.607. The lowest BCUT2D eigenvalue weighted by molar-refractivity contribution is 0.628. The minimum absolute atomic E-state index is 0.253. The van der Waals surface area contributed by atoms with E-state index in [1.807, 2.05) is 35.7 Å². The number of hydrogen-bond donors (Lipinski definition) is 0. The molecule has 0 fully saturated rings. The molecule has 5 heteroatoms. The minimum Gasteiger partial charge on any atom is -0.217 e. The Balaban J connectivity index is 1.69. The maximum atomic E-state index is 12.9. The van der Waals surface area contributed by atoms with Crippen LogP contribution in [0.2, 0.25) is 0 Å². The molecule has 2 aromatic carbocycles. The predicted octanol–water partition coefficient (Wildman–Crippen LogP) is 5.23. The molecule has 3 rings (SSSR count). The number of hydrogen-bond acceptors (Lipinski definition) is 4. The van der Waals surface area contributed by atoms with Gasteiger partial charge in [-0.2, -0.15) is 5.11 Å². The molecule has 0 saturated carbocycles. The van der Waals surface area contributed by atoms with E-state index in [-0.39, 0.29) is 5.82 Å². The Bertz CT molecular complexity index is 736. The van der Waals surface area contributed by atoms with E-state index < -0.39 is 0 Å². The molecule has 1 aromatic heterocycles. The average molecular weight is 297 g/mol. The zero-order valence-electron chi connectivity index (χ0n) is 11.1. The molecule has 0 aliphatic carbocycles. The van der Waals surface area contributed by atoms with Crippen LogP contribution in [0.5, 0.6) is 0 Å². The van der Waals surface area contributed by atoms with Crippen LogP contribution in [0.15, 0.2) is 70.2 Å². The van der Waals surface area contributed by atoms with Gasteiger partial charge in [-0.3, -0.25) is 0 Å². The topological polar surface area (TPSA) is 37.6 Å². The van der Waals surface area contributed by atoms with Crippen molar-refractivity contribution in [2.45, 2.75) is 6.54 Å². The maximum absolute atomic E-state index is 12.9. The molecule has 3 nitrogen and oxygen atoms in total. The summed E-state index contributed by atoms with van der Waals surface area (Å²) in [4.78, 5) is 4.38. The van der Waals surface area contributed by atoms with Gasteiger partial charge in [0.1, 0.15) is 5.82 Å². The molecule has 0 atom stereocenters. The molecule has 0 amide bonds. The Morgan fingerprint density at radius 1 is 1.00 bits per heavy atom. The van der Waals surface area contributed by atoms with Gasteiger partial charge in [0.25, 0.3) is 0 Å². The van der Waals surface area contributed by atoms with Gasteiger partial charge in [0.05, 0.1) is 12.2 Å². The van der Waals surface area contributed by atoms with Gasteiger partial charge in [-0.05, 0) is 29.8 Å². The lowest BCUT2D eigenvalue weighted by Gasteiger charge is -1.94. The van der Waals surface area contributed by atoms with E-state index in [2.05, 4.69) is 15.2 Å². The van der Waals surface area contributed by atoms with Crippen LogP contribution < -0.4 is 0 Å². The number of benzene rings is 2. The first-order valence-electron chi connectivity index (χ1n) is 6.44. The molecular weight excluding hydrogens is 285 g/mol. The van der Waals surface area contributed by atoms with Gasteiger partial charge in [-0.1, -0.05) is 30.3 Å². The van der Waals surface area contributed by atoms with Crippen molar-refractivity contribution in [1.29, 1.82) is 0 Å². The normalized spacial score (nSPS) is 11.1. The predicted molar refractivity (Wildman–Crippen MR) is 82.2 cm³/mol. The summed E-state index contributed by atoms with van der Waals surface area (Å²) in [6, 6.07) is 16.2. The molecule has 0 saturated heterocycles. The molecule has 0 bridgehead atoms. The molecule has 0 aliphatic heterocycles. The molecule has 0 spiro atoms. The van der Waals surface area contributed by atoms with Gasteiger partial charge in [-0.15, -0.1) is 16.5 Å². The van der Waals surface area contributed by atoms with Gasteiger partial charge in [0.15, 0.2) is 0 Å². The molecule has 0 aliphatic rings. The van der Waals surface area contributed by atoms with E-state index >= 15 is 0 Å². The third-order valence-electron chi connectivity index (χ3n) is 2.88. The van der Waals surface area contributed by atoms with Crippen LogP contribution >= 0.6 is 11.3 Å². The van der Waals surface area contributed by atoms with E-state index in [0.29, 0.717) is 11.7 Å². The van der Waals surface area contributed by atoms with E-state index in [1.54, 1.807) is 12.1 Å². The molecule has 21 heavy (non-hydrogen) atoms. The molecule has 0 unspecified atom stereocenters. The van der Waals surface area contributed by atoms with Crippen LogP contribution in [0, 0.1) is 5.82 Å². The highest BCUT2D eigenvalue weighted by atomic mass is 32.1. The fraction of sp³-hybridized carbons (Fsp3) is 0.0625. The molecular formula is C16H12FN3S. The third kappa shape index (κ3) is 3.58. The minimum atomic E-state index is -0.253. The highest BCUT2D eigenvalue weighted by Gasteiger charge is 2.04. The first-order chi connectivity index (χ1) is 10.3. The largest absolute Gasteiger partial charge is 0.230 e. The van der Waals surface area contributed by atoms with Crippen molar-refractivity contribution in [3.63, 3.8) is 0 Å². The van der Waals surface area contributed by atoms with Gasteiger partial charge >= 0.3 is 0 Å². The number of rotatable bonds is 4. The zero-order chi connectivity index (χ0) is 14.5. The third-order valence-corrected chi connectivity index (χ3v) is 3.61. The van der Waals surface area contributed by atoms with Gasteiger partial charge < -0.3 is 0 Å². The molecule has 1 heterocycles. The zero-order valence-corrected chi connectivity index (χ0v) is 11.9. The number of aromatic nitrogens is 1. The van der Waals surface area contributed by atoms with E-state index in [0.717, 1.165) is 16.8 Å². The van der Waals surface area contributed by atoms with Crippen molar-refractivity contribution in [2.75, 3.05) is 0 Å². The number of halogens is 1. The van der Waals surface area contributed by atoms with E-state index in [1.165, 1.54) is 23.5 Å². The van der Waals surface area contributed by atoms with Crippen LogP contribution in [0.3, 0.4) is 0 Å². The fourth-order valence-corrected chi connectivity index (χ4v) is 2.49. The first kappa shape index (κ1) is 13.6. The van der Waals surface area contributed by atoms with Crippen LogP contribution in [0.25, 0.3) is 11.3 Å². The van der Waals surface area contributed by atoms with Crippen molar-refractivity contribution in [2.24, 2.45) is 10.2 Å². The summed E-state index contributed by atoms with van der Waals surface area (Å²) in [5.41, 5.74) is 2.77. The summed E-state index contributed by atoms with van der Waals surface area (Å²) in [6.07, 6.45) is 0. The van der Waals surface area contributed by atoms with Crippen molar-refractivity contribution < 1.29 is 4.39 Å². The van der Waals surface area contributed by atoms with E-state index in [4.69, 9.17) is 0 Å². The highest BCUT2D eigenvalue weighted by Crippen LogP contribution is 2.27. The van der Waals surface area contributed by atoms with Gasteiger partial charge in [-0.25, -0.2) is 9.37 Å². The standard InChI is InChI=1S/C16H12FN3S/c17-14-8-6-13(7-9-14)15-11-21-16(19-15)20-18-10-12-4-2-1-3-5-12/h1-9,11H,10H2. The van der Waals surface area contributed by atoms with Crippen LogP contribution in [-0.4, -0.2) is 4.98 Å². The SMILES string of the molecule is Fc1ccc(-c2csc(N=NCc3ccccc3)n2)cc1. The summed E-state index contributed by atoms with van der Waals surface area (Å²) >= 11 is 1.42. The van der Waals surface area contributed by atoms with Crippen molar-refractivity contribution in [1.82, 2.24) is 4.98 Å². The van der Waals surface area contributed by atoms with Crippen LogP contribution in [-0.2, 0) is 6.54 Å². The second kappa shape index (κ2) is 6.37. The molecule has 0 N–H and O–H groups in total. The fourth-order valence-electron chi connectivity index (χ4n) is 1.82. The first-order valence-corrected chi connectivity index (χ1v) is 7.32. The molecule has 3 aromatic rings. The maximum Gasteiger partial charge on any atom is 0.230 e. The van der Waals surface area contributed by atoms with Crippen molar-refractivity contribution >= 4 is 16.5 Å². The summed E-state index contributed by atoms with van der Waals surface area (Å²) in [5.74, 6) is -0.253. The average Bonchev–Trinajstić information content (AvgIpc) is 2.98. The van der Waals surface area contributed by atoms with Crippen LogP contribution in [0.1, 0.15) is 5.56 Å². The second-order valence-electron chi connectivity index (χ2n) is 4.41. The summed E-state index contributed by atoms with van der Waals surface area (Å²) < 4.78 is 12.9. The Labute approximate surface area is 125 Å². The number of nitrogens with zero attached hydrogens (tertiary/aromatic N) is 3. The van der Waals surface area contributed by atoms with Crippen LogP contribution in [0.4, 0.5) is 9.52 Å². The Morgan fingerprint density at radius 3 is 2.52 bits per heavy atom. The highest BCUT2D eigenvalue weighted by molar-refractivity contribution is 7.13. The molecule has 0 radical (unpaired) electrons. The summed E-state index contributed by atoms with van der Waals surface area (Å²) in [5, 5.41) is 10.8. The number of azo groups is 1. The summed E-state index contributed by atoms with van der Waals surface area (Å²) in [6.45, 7) is 0.534.